The van der Waals surface area contributed by atoms with Gasteiger partial charge in [0.05, 0.1) is 6.17 Å². The van der Waals surface area contributed by atoms with Gasteiger partial charge in [0.25, 0.3) is 0 Å². The Hall–Kier alpha value is -1.89. The van der Waals surface area contributed by atoms with Crippen LogP contribution in [0.4, 0.5) is 0 Å². The van der Waals surface area contributed by atoms with Gasteiger partial charge in [0, 0.05) is 12.4 Å². The van der Waals surface area contributed by atoms with E-state index in [0.29, 0.717) is 0 Å². The summed E-state index contributed by atoms with van der Waals surface area (Å²) in [6.07, 6.45) is 3.66. The van der Waals surface area contributed by atoms with Crippen LogP contribution < -0.4 is 5.73 Å². The highest BCUT2D eigenvalue weighted by Gasteiger charge is 2.04. The van der Waals surface area contributed by atoms with Gasteiger partial charge in [-0.1, -0.05) is 0 Å². The minimum absolute atomic E-state index is 0.0347. The summed E-state index contributed by atoms with van der Waals surface area (Å²) in [4.78, 5) is 22.2. The van der Waals surface area contributed by atoms with E-state index in [4.69, 9.17) is 25.5 Å². The summed E-state index contributed by atoms with van der Waals surface area (Å²) in [5.74, 6) is -2.69. The standard InChI is InChI=1S/C6H11N3.C2H2O4/c1-5(7)9-4-3-8-6(9)2;3-1(4)2(5)6/h3-5H,7H2,1-2H3;(H,3,4)(H,5,6). The molecule has 15 heavy (non-hydrogen) atoms. The molecule has 0 aliphatic rings. The molecule has 0 saturated heterocycles. The molecule has 7 nitrogen and oxygen atoms in total. The minimum atomic E-state index is -1.82. The van der Waals surface area contributed by atoms with Crippen molar-refractivity contribution in [3.63, 3.8) is 0 Å². The lowest BCUT2D eigenvalue weighted by molar-refractivity contribution is -0.159. The predicted octanol–water partition coefficient (Wildman–Crippen LogP) is -0.176. The number of hydrogen-bond donors (Lipinski definition) is 3. The topological polar surface area (TPSA) is 118 Å². The van der Waals surface area contributed by atoms with Crippen LogP contribution in [0.1, 0.15) is 18.9 Å². The lowest BCUT2D eigenvalue weighted by atomic mass is 10.5. The molecule has 0 fully saturated rings. The van der Waals surface area contributed by atoms with Crippen molar-refractivity contribution < 1.29 is 19.8 Å². The van der Waals surface area contributed by atoms with E-state index in [-0.39, 0.29) is 6.17 Å². The molecule has 0 radical (unpaired) electrons. The highest BCUT2D eigenvalue weighted by atomic mass is 16.4. The second-order valence-electron chi connectivity index (χ2n) is 2.73. The first-order chi connectivity index (χ1) is 6.86. The maximum absolute atomic E-state index is 9.10. The molecule has 1 unspecified atom stereocenters. The number of aliphatic carboxylic acids is 2. The highest BCUT2D eigenvalue weighted by Crippen LogP contribution is 2.00. The Balaban J connectivity index is 0.000000288. The van der Waals surface area contributed by atoms with E-state index in [1.807, 2.05) is 24.6 Å². The summed E-state index contributed by atoms with van der Waals surface area (Å²) in [6.45, 7) is 3.86. The van der Waals surface area contributed by atoms with Crippen LogP contribution in [-0.2, 0) is 9.59 Å². The van der Waals surface area contributed by atoms with Crippen molar-refractivity contribution in [2.24, 2.45) is 5.73 Å². The number of nitrogens with two attached hydrogens (primary N) is 1. The summed E-state index contributed by atoms with van der Waals surface area (Å²) in [5.41, 5.74) is 5.58. The molecule has 4 N–H and O–H groups in total. The molecule has 0 aromatic carbocycles. The molecule has 0 amide bonds. The van der Waals surface area contributed by atoms with Gasteiger partial charge in [0.2, 0.25) is 0 Å². The summed E-state index contributed by atoms with van der Waals surface area (Å²) < 4.78 is 1.92. The van der Waals surface area contributed by atoms with Gasteiger partial charge in [0.1, 0.15) is 5.82 Å². The first-order valence-corrected chi connectivity index (χ1v) is 4.07. The molecule has 1 aromatic heterocycles. The third kappa shape index (κ3) is 4.77. The average molecular weight is 215 g/mol. The molecule has 1 aromatic rings. The smallest absolute Gasteiger partial charge is 0.414 e. The summed E-state index contributed by atoms with van der Waals surface area (Å²) in [6, 6.07) is 0. The van der Waals surface area contributed by atoms with Crippen molar-refractivity contribution in [2.45, 2.75) is 20.0 Å². The van der Waals surface area contributed by atoms with Crippen LogP contribution in [0.15, 0.2) is 12.4 Å². The van der Waals surface area contributed by atoms with Crippen molar-refractivity contribution in [1.82, 2.24) is 9.55 Å². The number of aryl methyl sites for hydroxylation is 1. The largest absolute Gasteiger partial charge is 0.473 e. The van der Waals surface area contributed by atoms with Crippen molar-refractivity contribution in [3.05, 3.63) is 18.2 Å². The van der Waals surface area contributed by atoms with Crippen LogP contribution in [0.2, 0.25) is 0 Å². The van der Waals surface area contributed by atoms with Gasteiger partial charge in [-0.05, 0) is 13.8 Å². The minimum Gasteiger partial charge on any atom is -0.473 e. The van der Waals surface area contributed by atoms with Gasteiger partial charge >= 0.3 is 11.9 Å². The molecule has 1 heterocycles. The zero-order valence-electron chi connectivity index (χ0n) is 8.41. The van der Waals surface area contributed by atoms with Crippen LogP contribution in [0, 0.1) is 6.92 Å². The van der Waals surface area contributed by atoms with E-state index >= 15 is 0 Å². The zero-order valence-corrected chi connectivity index (χ0v) is 8.41. The number of imidazole rings is 1. The van der Waals surface area contributed by atoms with E-state index in [0.717, 1.165) is 5.82 Å². The number of hydrogen-bond acceptors (Lipinski definition) is 4. The average Bonchev–Trinajstić information content (AvgIpc) is 2.52. The Kier molecular flexibility index (Phi) is 5.03. The Morgan fingerprint density at radius 2 is 1.93 bits per heavy atom. The van der Waals surface area contributed by atoms with Crippen LogP contribution in [0.3, 0.4) is 0 Å². The molecule has 1 rings (SSSR count). The fourth-order valence-corrected chi connectivity index (χ4v) is 0.818. The second-order valence-corrected chi connectivity index (χ2v) is 2.73. The molecule has 0 aliphatic heterocycles. The molecule has 0 saturated carbocycles. The second kappa shape index (κ2) is 5.76. The number of carbonyl (C=O) groups is 2. The van der Waals surface area contributed by atoms with Gasteiger partial charge in [-0.2, -0.15) is 0 Å². The van der Waals surface area contributed by atoms with E-state index in [1.165, 1.54) is 0 Å². The molecular formula is C8H13N3O4. The van der Waals surface area contributed by atoms with E-state index in [2.05, 4.69) is 4.98 Å². The van der Waals surface area contributed by atoms with Gasteiger partial charge in [-0.3, -0.25) is 0 Å². The lowest BCUT2D eigenvalue weighted by Crippen LogP contribution is -2.14. The summed E-state index contributed by atoms with van der Waals surface area (Å²) in [5, 5.41) is 14.8. The lowest BCUT2D eigenvalue weighted by Gasteiger charge is -2.07. The van der Waals surface area contributed by atoms with Crippen LogP contribution in [-0.4, -0.2) is 31.7 Å². The normalized spacial score (nSPS) is 11.1. The van der Waals surface area contributed by atoms with Gasteiger partial charge in [-0.25, -0.2) is 14.6 Å². The fourth-order valence-electron chi connectivity index (χ4n) is 0.818. The highest BCUT2D eigenvalue weighted by molar-refractivity contribution is 6.27. The molecule has 7 heteroatoms. The first-order valence-electron chi connectivity index (χ1n) is 4.07. The maximum Gasteiger partial charge on any atom is 0.414 e. The van der Waals surface area contributed by atoms with E-state index < -0.39 is 11.9 Å². The van der Waals surface area contributed by atoms with Crippen LogP contribution in [0.25, 0.3) is 0 Å². The van der Waals surface area contributed by atoms with Crippen molar-refractivity contribution in [1.29, 1.82) is 0 Å². The number of carboxylic acid groups (broad SMARTS) is 2. The quantitative estimate of drug-likeness (QED) is 0.559. The predicted molar refractivity (Wildman–Crippen MR) is 51.1 cm³/mol. The fraction of sp³-hybridized carbons (Fsp3) is 0.375. The Bertz CT molecular complexity index is 333. The van der Waals surface area contributed by atoms with Crippen molar-refractivity contribution >= 4 is 11.9 Å². The molecule has 0 bridgehead atoms. The van der Waals surface area contributed by atoms with Gasteiger partial charge in [0.15, 0.2) is 0 Å². The van der Waals surface area contributed by atoms with Crippen molar-refractivity contribution in [2.75, 3.05) is 0 Å². The molecule has 0 aliphatic carbocycles. The Labute approximate surface area is 86.2 Å². The molecular weight excluding hydrogens is 202 g/mol. The molecule has 84 valence electrons. The first kappa shape index (κ1) is 13.1. The number of carboxylic acids is 2. The third-order valence-corrected chi connectivity index (χ3v) is 1.48. The molecule has 0 spiro atoms. The Morgan fingerprint density at radius 1 is 1.47 bits per heavy atom. The number of nitrogens with zero attached hydrogens (tertiary/aromatic N) is 2. The maximum atomic E-state index is 9.10. The van der Waals surface area contributed by atoms with Crippen LogP contribution in [0.5, 0.6) is 0 Å². The number of aromatic nitrogens is 2. The van der Waals surface area contributed by atoms with E-state index in [9.17, 15) is 0 Å². The van der Waals surface area contributed by atoms with Crippen LogP contribution >= 0.6 is 0 Å². The monoisotopic (exact) mass is 215 g/mol. The van der Waals surface area contributed by atoms with Gasteiger partial charge in [-0.15, -0.1) is 0 Å². The van der Waals surface area contributed by atoms with Gasteiger partial charge < -0.3 is 20.5 Å². The Morgan fingerprint density at radius 3 is 2.07 bits per heavy atom. The SMILES string of the molecule is Cc1nccn1C(C)N.O=C(O)C(=O)O. The molecule has 1 atom stereocenters. The summed E-state index contributed by atoms with van der Waals surface area (Å²) in [7, 11) is 0. The zero-order chi connectivity index (χ0) is 12.0. The summed E-state index contributed by atoms with van der Waals surface area (Å²) >= 11 is 0. The third-order valence-electron chi connectivity index (χ3n) is 1.48. The number of rotatable bonds is 1. The van der Waals surface area contributed by atoms with E-state index in [1.54, 1.807) is 6.20 Å². The van der Waals surface area contributed by atoms with Crippen molar-refractivity contribution in [3.8, 4) is 0 Å².